The molecular formula is C17H28O2. The van der Waals surface area contributed by atoms with Crippen molar-refractivity contribution in [3.63, 3.8) is 0 Å². The van der Waals surface area contributed by atoms with Crippen LogP contribution in [0.3, 0.4) is 0 Å². The van der Waals surface area contributed by atoms with E-state index in [4.69, 9.17) is 9.78 Å². The van der Waals surface area contributed by atoms with E-state index in [1.807, 2.05) is 18.2 Å². The highest BCUT2D eigenvalue weighted by atomic mass is 17.2. The maximum Gasteiger partial charge on any atom is 0.118 e. The Kier molecular flexibility index (Phi) is 9.38. The van der Waals surface area contributed by atoms with Crippen molar-refractivity contribution in [1.82, 2.24) is 0 Å². The smallest absolute Gasteiger partial charge is 0.118 e. The summed E-state index contributed by atoms with van der Waals surface area (Å²) in [5.41, 5.74) is 1.20. The summed E-state index contributed by atoms with van der Waals surface area (Å²) in [7, 11) is 1.58. The SMILES string of the molecule is CCCCCCCCCC(OOC)c1ccccc1. The first-order valence-electron chi connectivity index (χ1n) is 7.63. The Hall–Kier alpha value is -0.860. The molecule has 0 saturated heterocycles. The third-order valence-corrected chi connectivity index (χ3v) is 3.45. The van der Waals surface area contributed by atoms with Gasteiger partial charge >= 0.3 is 0 Å². The summed E-state index contributed by atoms with van der Waals surface area (Å²) in [5.74, 6) is 0. The number of benzene rings is 1. The van der Waals surface area contributed by atoms with Crippen LogP contribution in [0.2, 0.25) is 0 Å². The molecule has 0 aliphatic carbocycles. The molecule has 2 nitrogen and oxygen atoms in total. The zero-order chi connectivity index (χ0) is 13.8. The molecule has 19 heavy (non-hydrogen) atoms. The Morgan fingerprint density at radius 1 is 0.895 bits per heavy atom. The summed E-state index contributed by atoms with van der Waals surface area (Å²) in [5, 5.41) is 0. The second kappa shape index (κ2) is 11.0. The predicted molar refractivity (Wildman–Crippen MR) is 79.9 cm³/mol. The molecule has 0 saturated carbocycles. The minimum absolute atomic E-state index is 0.0711. The minimum Gasteiger partial charge on any atom is -0.239 e. The molecule has 2 heteroatoms. The van der Waals surface area contributed by atoms with Crippen LogP contribution in [0.5, 0.6) is 0 Å². The van der Waals surface area contributed by atoms with Crippen LogP contribution in [0.25, 0.3) is 0 Å². The van der Waals surface area contributed by atoms with Crippen molar-refractivity contribution in [1.29, 1.82) is 0 Å². The Labute approximate surface area is 118 Å². The third kappa shape index (κ3) is 7.34. The Morgan fingerprint density at radius 2 is 1.53 bits per heavy atom. The van der Waals surface area contributed by atoms with Gasteiger partial charge in [0.15, 0.2) is 0 Å². The van der Waals surface area contributed by atoms with Crippen molar-refractivity contribution in [3.8, 4) is 0 Å². The zero-order valence-corrected chi connectivity index (χ0v) is 12.4. The monoisotopic (exact) mass is 264 g/mol. The fraction of sp³-hybridized carbons (Fsp3) is 0.647. The lowest BCUT2D eigenvalue weighted by Crippen LogP contribution is -2.03. The molecular weight excluding hydrogens is 236 g/mol. The van der Waals surface area contributed by atoms with Gasteiger partial charge < -0.3 is 0 Å². The first kappa shape index (κ1) is 16.2. The maximum absolute atomic E-state index is 5.37. The third-order valence-electron chi connectivity index (χ3n) is 3.45. The molecule has 1 aromatic carbocycles. The normalized spacial score (nSPS) is 12.5. The lowest BCUT2D eigenvalue weighted by Gasteiger charge is -2.15. The van der Waals surface area contributed by atoms with Crippen molar-refractivity contribution in [2.75, 3.05) is 7.11 Å². The van der Waals surface area contributed by atoms with Crippen LogP contribution >= 0.6 is 0 Å². The maximum atomic E-state index is 5.37. The van der Waals surface area contributed by atoms with Crippen LogP contribution < -0.4 is 0 Å². The van der Waals surface area contributed by atoms with E-state index in [-0.39, 0.29) is 6.10 Å². The van der Waals surface area contributed by atoms with Gasteiger partial charge in [0.05, 0.1) is 7.11 Å². The molecule has 0 aliphatic heterocycles. The summed E-state index contributed by atoms with van der Waals surface area (Å²) in [6.45, 7) is 2.26. The van der Waals surface area contributed by atoms with E-state index < -0.39 is 0 Å². The van der Waals surface area contributed by atoms with Crippen molar-refractivity contribution in [2.24, 2.45) is 0 Å². The first-order valence-corrected chi connectivity index (χ1v) is 7.63. The van der Waals surface area contributed by atoms with E-state index >= 15 is 0 Å². The van der Waals surface area contributed by atoms with Gasteiger partial charge in [0.25, 0.3) is 0 Å². The van der Waals surface area contributed by atoms with Crippen LogP contribution in [-0.4, -0.2) is 7.11 Å². The molecule has 1 atom stereocenters. The average molecular weight is 264 g/mol. The predicted octanol–water partition coefficient (Wildman–Crippen LogP) is 5.45. The lowest BCUT2D eigenvalue weighted by molar-refractivity contribution is -0.309. The molecule has 0 aromatic heterocycles. The zero-order valence-electron chi connectivity index (χ0n) is 12.4. The van der Waals surface area contributed by atoms with Crippen LogP contribution in [0.15, 0.2) is 30.3 Å². The molecule has 0 amide bonds. The molecule has 1 unspecified atom stereocenters. The van der Waals surface area contributed by atoms with Gasteiger partial charge in [-0.1, -0.05) is 82.2 Å². The highest BCUT2D eigenvalue weighted by Gasteiger charge is 2.11. The summed E-state index contributed by atoms with van der Waals surface area (Å²) in [6.07, 6.45) is 10.4. The molecule has 0 N–H and O–H groups in total. The molecule has 0 bridgehead atoms. The van der Waals surface area contributed by atoms with E-state index in [2.05, 4.69) is 19.1 Å². The molecule has 0 radical (unpaired) electrons. The number of hydrogen-bond donors (Lipinski definition) is 0. The summed E-state index contributed by atoms with van der Waals surface area (Å²) >= 11 is 0. The average Bonchev–Trinajstić information content (AvgIpc) is 2.46. The first-order chi connectivity index (χ1) is 9.38. The standard InChI is InChI=1S/C17H28O2/c1-3-4-5-6-7-8-12-15-17(19-18-2)16-13-10-9-11-14-16/h9-11,13-14,17H,3-8,12,15H2,1-2H3. The fourth-order valence-electron chi connectivity index (χ4n) is 2.34. The summed E-state index contributed by atoms with van der Waals surface area (Å²) in [6, 6.07) is 10.3. The van der Waals surface area contributed by atoms with Gasteiger partial charge in [0.1, 0.15) is 6.10 Å². The molecule has 0 heterocycles. The van der Waals surface area contributed by atoms with E-state index in [0.29, 0.717) is 0 Å². The molecule has 108 valence electrons. The highest BCUT2D eigenvalue weighted by Crippen LogP contribution is 2.24. The van der Waals surface area contributed by atoms with Crippen LogP contribution in [-0.2, 0) is 9.78 Å². The van der Waals surface area contributed by atoms with Gasteiger partial charge in [-0.15, -0.1) is 0 Å². The number of rotatable bonds is 11. The topological polar surface area (TPSA) is 18.5 Å². The van der Waals surface area contributed by atoms with Gasteiger partial charge in [-0.05, 0) is 12.0 Å². The van der Waals surface area contributed by atoms with Crippen LogP contribution in [0.1, 0.15) is 70.0 Å². The Morgan fingerprint density at radius 3 is 2.16 bits per heavy atom. The van der Waals surface area contributed by atoms with Gasteiger partial charge in [0, 0.05) is 0 Å². The minimum atomic E-state index is 0.0711. The van der Waals surface area contributed by atoms with E-state index in [0.717, 1.165) is 6.42 Å². The number of hydrogen-bond acceptors (Lipinski definition) is 2. The van der Waals surface area contributed by atoms with Gasteiger partial charge in [0.2, 0.25) is 0 Å². The Bertz CT molecular complexity index is 297. The van der Waals surface area contributed by atoms with Gasteiger partial charge in [-0.3, -0.25) is 0 Å². The van der Waals surface area contributed by atoms with Crippen molar-refractivity contribution in [2.45, 2.75) is 64.4 Å². The molecule has 0 aliphatic rings. The van der Waals surface area contributed by atoms with E-state index in [1.54, 1.807) is 7.11 Å². The van der Waals surface area contributed by atoms with E-state index in [1.165, 1.54) is 50.5 Å². The molecule has 1 aromatic rings. The van der Waals surface area contributed by atoms with Crippen LogP contribution in [0.4, 0.5) is 0 Å². The van der Waals surface area contributed by atoms with Crippen molar-refractivity contribution >= 4 is 0 Å². The van der Waals surface area contributed by atoms with Crippen molar-refractivity contribution < 1.29 is 9.78 Å². The highest BCUT2D eigenvalue weighted by molar-refractivity contribution is 5.17. The van der Waals surface area contributed by atoms with Gasteiger partial charge in [-0.25, -0.2) is 9.78 Å². The fourth-order valence-corrected chi connectivity index (χ4v) is 2.34. The van der Waals surface area contributed by atoms with Crippen LogP contribution in [0, 0.1) is 0 Å². The Balaban J connectivity index is 2.20. The van der Waals surface area contributed by atoms with Crippen molar-refractivity contribution in [3.05, 3.63) is 35.9 Å². The van der Waals surface area contributed by atoms with Gasteiger partial charge in [-0.2, -0.15) is 0 Å². The largest absolute Gasteiger partial charge is 0.239 e. The second-order valence-electron chi connectivity index (χ2n) is 5.07. The summed E-state index contributed by atoms with van der Waals surface area (Å²) in [4.78, 5) is 10.2. The molecule has 0 fully saturated rings. The second-order valence-corrected chi connectivity index (χ2v) is 5.07. The molecule has 1 rings (SSSR count). The quantitative estimate of drug-likeness (QED) is 0.301. The van der Waals surface area contributed by atoms with E-state index in [9.17, 15) is 0 Å². The number of unbranched alkanes of at least 4 members (excludes halogenated alkanes) is 6. The lowest BCUT2D eigenvalue weighted by atomic mass is 10.0. The summed E-state index contributed by atoms with van der Waals surface area (Å²) < 4.78 is 0. The molecule has 0 spiro atoms.